The Morgan fingerprint density at radius 1 is 1.25 bits per heavy atom. The average molecular weight is 290 g/mol. The summed E-state index contributed by atoms with van der Waals surface area (Å²) in [5.41, 5.74) is 1.73. The number of hydrogen-bond donors (Lipinski definition) is 3. The molecule has 0 saturated heterocycles. The summed E-state index contributed by atoms with van der Waals surface area (Å²) in [6.07, 6.45) is 0. The number of fused-ring (bicyclic) bond motifs is 1. The molecule has 2 heterocycles. The summed E-state index contributed by atoms with van der Waals surface area (Å²) >= 11 is 5.75. The van der Waals surface area contributed by atoms with Crippen molar-refractivity contribution in [2.75, 3.05) is 5.32 Å². The summed E-state index contributed by atoms with van der Waals surface area (Å²) in [5, 5.41) is 8.80. The van der Waals surface area contributed by atoms with Crippen LogP contribution in [-0.2, 0) is 0 Å². The lowest BCUT2D eigenvalue weighted by Gasteiger charge is -2.03. The molecule has 0 saturated carbocycles. The average Bonchev–Trinajstić information content (AvgIpc) is 2.78. The lowest BCUT2D eigenvalue weighted by molar-refractivity contribution is 0.102. The van der Waals surface area contributed by atoms with Gasteiger partial charge < -0.3 is 10.3 Å². The molecule has 3 rings (SSSR count). The van der Waals surface area contributed by atoms with Gasteiger partial charge in [-0.3, -0.25) is 9.59 Å². The SMILES string of the molecule is O=C(Nc1ccc2nc(Cl)[nH]c2c1)c1ccc(=O)[nH]n1. The summed E-state index contributed by atoms with van der Waals surface area (Å²) in [7, 11) is 0. The minimum atomic E-state index is -0.425. The zero-order valence-corrected chi connectivity index (χ0v) is 10.7. The third kappa shape index (κ3) is 2.39. The molecule has 20 heavy (non-hydrogen) atoms. The molecule has 0 fully saturated rings. The third-order valence-corrected chi connectivity index (χ3v) is 2.80. The highest BCUT2D eigenvalue weighted by molar-refractivity contribution is 6.29. The number of imidazole rings is 1. The fraction of sp³-hybridized carbons (Fsp3) is 0. The van der Waals surface area contributed by atoms with Crippen LogP contribution < -0.4 is 10.9 Å². The van der Waals surface area contributed by atoms with Gasteiger partial charge in [0.1, 0.15) is 5.69 Å². The number of aromatic nitrogens is 4. The Morgan fingerprint density at radius 2 is 2.10 bits per heavy atom. The number of nitrogens with one attached hydrogen (secondary N) is 3. The molecule has 0 spiro atoms. The number of amides is 1. The molecule has 0 aliphatic rings. The minimum Gasteiger partial charge on any atom is -0.329 e. The van der Waals surface area contributed by atoms with Gasteiger partial charge in [0.15, 0.2) is 0 Å². The van der Waals surface area contributed by atoms with Gasteiger partial charge >= 0.3 is 0 Å². The number of nitrogens with zero attached hydrogens (tertiary/aromatic N) is 2. The van der Waals surface area contributed by atoms with Gasteiger partial charge in [-0.25, -0.2) is 10.1 Å². The van der Waals surface area contributed by atoms with Crippen molar-refractivity contribution < 1.29 is 4.79 Å². The lowest BCUT2D eigenvalue weighted by Crippen LogP contribution is -2.17. The van der Waals surface area contributed by atoms with E-state index < -0.39 is 5.91 Å². The van der Waals surface area contributed by atoms with Crippen LogP contribution >= 0.6 is 11.6 Å². The predicted molar refractivity (Wildman–Crippen MR) is 73.9 cm³/mol. The molecule has 0 aliphatic carbocycles. The third-order valence-electron chi connectivity index (χ3n) is 2.62. The number of anilines is 1. The van der Waals surface area contributed by atoms with Gasteiger partial charge in [-0.05, 0) is 35.9 Å². The highest BCUT2D eigenvalue weighted by Crippen LogP contribution is 2.19. The summed E-state index contributed by atoms with van der Waals surface area (Å²) in [6.45, 7) is 0. The summed E-state index contributed by atoms with van der Waals surface area (Å²) in [6, 6.07) is 7.72. The fourth-order valence-corrected chi connectivity index (χ4v) is 1.92. The van der Waals surface area contributed by atoms with Crippen LogP contribution in [0, 0.1) is 0 Å². The van der Waals surface area contributed by atoms with Gasteiger partial charge in [0.25, 0.3) is 11.5 Å². The molecule has 8 heteroatoms. The van der Waals surface area contributed by atoms with Gasteiger partial charge in [0.05, 0.1) is 11.0 Å². The topological polar surface area (TPSA) is 104 Å². The van der Waals surface area contributed by atoms with E-state index in [4.69, 9.17) is 11.6 Å². The number of carbonyl (C=O) groups excluding carboxylic acids is 1. The first-order valence-corrected chi connectivity index (χ1v) is 6.02. The quantitative estimate of drug-likeness (QED) is 0.666. The molecule has 0 unspecified atom stereocenters. The smallest absolute Gasteiger partial charge is 0.276 e. The normalized spacial score (nSPS) is 10.7. The van der Waals surface area contributed by atoms with E-state index in [-0.39, 0.29) is 16.5 Å². The first kappa shape index (κ1) is 12.4. The van der Waals surface area contributed by atoms with E-state index in [1.54, 1.807) is 18.2 Å². The van der Waals surface area contributed by atoms with Crippen molar-refractivity contribution in [3.8, 4) is 0 Å². The largest absolute Gasteiger partial charge is 0.329 e. The maximum Gasteiger partial charge on any atom is 0.276 e. The van der Waals surface area contributed by atoms with Crippen LogP contribution in [0.4, 0.5) is 5.69 Å². The molecule has 3 N–H and O–H groups in total. The van der Waals surface area contributed by atoms with Crippen molar-refractivity contribution in [2.24, 2.45) is 0 Å². The highest BCUT2D eigenvalue weighted by atomic mass is 35.5. The predicted octanol–water partition coefficient (Wildman–Crippen LogP) is 1.55. The Labute approximate surface area is 117 Å². The Morgan fingerprint density at radius 3 is 2.85 bits per heavy atom. The fourth-order valence-electron chi connectivity index (χ4n) is 1.72. The van der Waals surface area contributed by atoms with E-state index in [2.05, 4.69) is 25.5 Å². The number of benzene rings is 1. The van der Waals surface area contributed by atoms with Crippen molar-refractivity contribution in [3.63, 3.8) is 0 Å². The molecule has 2 aromatic heterocycles. The monoisotopic (exact) mass is 289 g/mol. The van der Waals surface area contributed by atoms with E-state index in [9.17, 15) is 9.59 Å². The first-order valence-electron chi connectivity index (χ1n) is 5.64. The van der Waals surface area contributed by atoms with E-state index in [0.29, 0.717) is 16.7 Å². The van der Waals surface area contributed by atoms with Crippen LogP contribution in [-0.4, -0.2) is 26.1 Å². The van der Waals surface area contributed by atoms with Gasteiger partial charge in [-0.15, -0.1) is 0 Å². The second-order valence-electron chi connectivity index (χ2n) is 4.02. The summed E-state index contributed by atoms with van der Waals surface area (Å²) in [4.78, 5) is 29.7. The van der Waals surface area contributed by atoms with Gasteiger partial charge in [0.2, 0.25) is 5.28 Å². The van der Waals surface area contributed by atoms with Crippen molar-refractivity contribution in [2.45, 2.75) is 0 Å². The number of H-pyrrole nitrogens is 2. The summed E-state index contributed by atoms with van der Waals surface area (Å²) in [5.74, 6) is -0.425. The van der Waals surface area contributed by atoms with Crippen molar-refractivity contribution in [3.05, 3.63) is 51.7 Å². The van der Waals surface area contributed by atoms with Crippen LogP contribution in [0.1, 0.15) is 10.5 Å². The zero-order valence-electron chi connectivity index (χ0n) is 9.98. The number of halogens is 1. The Balaban J connectivity index is 1.86. The minimum absolute atomic E-state index is 0.118. The molecule has 1 amide bonds. The van der Waals surface area contributed by atoms with Gasteiger partial charge in [0, 0.05) is 11.8 Å². The van der Waals surface area contributed by atoms with Crippen LogP contribution in [0.5, 0.6) is 0 Å². The second-order valence-corrected chi connectivity index (χ2v) is 4.38. The maximum absolute atomic E-state index is 11.9. The zero-order chi connectivity index (χ0) is 14.1. The van der Waals surface area contributed by atoms with E-state index in [1.807, 2.05) is 0 Å². The number of hydrogen-bond acceptors (Lipinski definition) is 4. The molecule has 1 aromatic carbocycles. The Bertz CT molecular complexity index is 834. The Kier molecular flexibility index (Phi) is 2.96. The molecule has 0 radical (unpaired) electrons. The lowest BCUT2D eigenvalue weighted by atomic mass is 10.2. The van der Waals surface area contributed by atoms with E-state index >= 15 is 0 Å². The first-order chi connectivity index (χ1) is 9.61. The van der Waals surface area contributed by atoms with E-state index in [1.165, 1.54) is 12.1 Å². The van der Waals surface area contributed by atoms with Gasteiger partial charge in [-0.2, -0.15) is 5.10 Å². The van der Waals surface area contributed by atoms with E-state index in [0.717, 1.165) is 0 Å². The summed E-state index contributed by atoms with van der Waals surface area (Å²) < 4.78 is 0. The molecule has 0 aliphatic heterocycles. The maximum atomic E-state index is 11.9. The number of carbonyl (C=O) groups is 1. The molecule has 7 nitrogen and oxygen atoms in total. The van der Waals surface area contributed by atoms with Gasteiger partial charge in [-0.1, -0.05) is 0 Å². The van der Waals surface area contributed by atoms with Crippen LogP contribution in [0.25, 0.3) is 11.0 Å². The standard InChI is InChI=1S/C12H8ClN5O2/c13-12-15-7-2-1-6(5-9(7)16-12)14-11(20)8-3-4-10(19)18-17-8/h1-5H,(H,14,20)(H,15,16)(H,18,19). The van der Waals surface area contributed by atoms with Crippen molar-refractivity contribution in [1.29, 1.82) is 0 Å². The second kappa shape index (κ2) is 4.78. The molecule has 0 bridgehead atoms. The molecular weight excluding hydrogens is 282 g/mol. The van der Waals surface area contributed by atoms with Crippen molar-refractivity contribution >= 4 is 34.2 Å². The molecule has 100 valence electrons. The van der Waals surface area contributed by atoms with Crippen molar-refractivity contribution in [1.82, 2.24) is 20.2 Å². The number of rotatable bonds is 2. The van der Waals surface area contributed by atoms with Crippen LogP contribution in [0.3, 0.4) is 0 Å². The Hall–Kier alpha value is -2.67. The number of aromatic amines is 2. The van der Waals surface area contributed by atoms with Crippen LogP contribution in [0.15, 0.2) is 35.1 Å². The molecule has 3 aromatic rings. The highest BCUT2D eigenvalue weighted by Gasteiger charge is 2.09. The molecule has 0 atom stereocenters. The molecular formula is C12H8ClN5O2. The van der Waals surface area contributed by atoms with Crippen LogP contribution in [0.2, 0.25) is 5.28 Å².